The minimum Gasteiger partial charge on any atom is -0.388 e. The molecule has 0 heterocycles. The highest BCUT2D eigenvalue weighted by Gasteiger charge is 2.02. The number of hydrogen-bond donors (Lipinski definition) is 1. The highest BCUT2D eigenvalue weighted by atomic mass is 16.4. The van der Waals surface area contributed by atoms with Gasteiger partial charge in [-0.3, -0.25) is 0 Å². The van der Waals surface area contributed by atoms with Gasteiger partial charge in [-0.2, -0.15) is 0 Å². The zero-order valence-corrected chi connectivity index (χ0v) is 11.4. The van der Waals surface area contributed by atoms with Gasteiger partial charge in [-0.15, -0.1) is 0 Å². The van der Waals surface area contributed by atoms with E-state index in [9.17, 15) is 0 Å². The molecule has 1 rings (SSSR count). The lowest BCUT2D eigenvalue weighted by atomic mass is 9.98. The SMILES string of the molecule is CNCc1cc(C(C)C)ccc1C.COC. The molecule has 0 atom stereocenters. The molecule has 1 N–H and O–H groups in total. The van der Waals surface area contributed by atoms with Gasteiger partial charge in [0, 0.05) is 20.8 Å². The van der Waals surface area contributed by atoms with Crippen molar-refractivity contribution in [2.45, 2.75) is 33.2 Å². The van der Waals surface area contributed by atoms with E-state index in [1.807, 2.05) is 7.05 Å². The molecule has 0 radical (unpaired) electrons. The Labute approximate surface area is 100 Å². The van der Waals surface area contributed by atoms with E-state index in [-0.39, 0.29) is 0 Å². The second kappa shape index (κ2) is 8.31. The fourth-order valence-corrected chi connectivity index (χ4v) is 1.43. The van der Waals surface area contributed by atoms with Crippen molar-refractivity contribution in [3.63, 3.8) is 0 Å². The number of rotatable bonds is 3. The normalized spacial score (nSPS) is 9.94. The van der Waals surface area contributed by atoms with Crippen LogP contribution < -0.4 is 5.32 Å². The lowest BCUT2D eigenvalue weighted by Gasteiger charge is -2.10. The molecule has 0 aliphatic carbocycles. The van der Waals surface area contributed by atoms with Crippen LogP contribution >= 0.6 is 0 Å². The van der Waals surface area contributed by atoms with E-state index >= 15 is 0 Å². The first-order chi connectivity index (χ1) is 7.56. The molecule has 1 aromatic rings. The van der Waals surface area contributed by atoms with Crippen LogP contribution in [0.15, 0.2) is 18.2 Å². The molecule has 1 aromatic carbocycles. The van der Waals surface area contributed by atoms with Crippen LogP contribution in [-0.2, 0) is 11.3 Å². The van der Waals surface area contributed by atoms with Crippen LogP contribution in [0.1, 0.15) is 36.5 Å². The lowest BCUT2D eigenvalue weighted by Crippen LogP contribution is -2.07. The molecule has 0 amide bonds. The summed E-state index contributed by atoms with van der Waals surface area (Å²) in [5, 5.41) is 3.19. The Morgan fingerprint density at radius 2 is 1.81 bits per heavy atom. The average Bonchev–Trinajstić information content (AvgIpc) is 2.22. The monoisotopic (exact) mass is 223 g/mol. The first-order valence-electron chi connectivity index (χ1n) is 5.71. The summed E-state index contributed by atoms with van der Waals surface area (Å²) in [5.74, 6) is 0.621. The molecule has 0 unspecified atom stereocenters. The van der Waals surface area contributed by atoms with E-state index in [1.54, 1.807) is 14.2 Å². The van der Waals surface area contributed by atoms with Crippen LogP contribution in [0.25, 0.3) is 0 Å². The predicted octanol–water partition coefficient (Wildman–Crippen LogP) is 3.10. The Morgan fingerprint density at radius 3 is 2.25 bits per heavy atom. The fraction of sp³-hybridized carbons (Fsp3) is 0.571. The van der Waals surface area contributed by atoms with E-state index < -0.39 is 0 Å². The van der Waals surface area contributed by atoms with E-state index in [4.69, 9.17) is 0 Å². The Hall–Kier alpha value is -0.860. The number of nitrogens with one attached hydrogen (secondary N) is 1. The molecule has 0 bridgehead atoms. The number of ether oxygens (including phenoxy) is 1. The van der Waals surface area contributed by atoms with Gasteiger partial charge in [0.15, 0.2) is 0 Å². The summed E-state index contributed by atoms with van der Waals surface area (Å²) in [4.78, 5) is 0. The molecule has 0 saturated carbocycles. The number of benzene rings is 1. The van der Waals surface area contributed by atoms with Gasteiger partial charge < -0.3 is 10.1 Å². The highest BCUT2D eigenvalue weighted by Crippen LogP contribution is 2.18. The minimum absolute atomic E-state index is 0.621. The standard InChI is InChI=1S/C12H19N.C2H6O/c1-9(2)11-6-5-10(3)12(7-11)8-13-4;1-3-2/h5-7,9,13H,8H2,1-4H3;1-2H3. The van der Waals surface area contributed by atoms with Gasteiger partial charge in [0.1, 0.15) is 0 Å². The summed E-state index contributed by atoms with van der Waals surface area (Å²) < 4.78 is 4.25. The summed E-state index contributed by atoms with van der Waals surface area (Å²) in [5.41, 5.74) is 4.21. The van der Waals surface area contributed by atoms with Gasteiger partial charge in [0.2, 0.25) is 0 Å². The second-order valence-corrected chi connectivity index (χ2v) is 4.28. The maximum absolute atomic E-state index is 4.25. The fourth-order valence-electron chi connectivity index (χ4n) is 1.43. The second-order valence-electron chi connectivity index (χ2n) is 4.28. The Balaban J connectivity index is 0.000000673. The predicted molar refractivity (Wildman–Crippen MR) is 71.0 cm³/mol. The van der Waals surface area contributed by atoms with E-state index in [0.717, 1.165) is 6.54 Å². The van der Waals surface area contributed by atoms with Gasteiger partial charge in [-0.1, -0.05) is 32.0 Å². The maximum Gasteiger partial charge on any atom is 0.0351 e. The Kier molecular flexibility index (Phi) is 7.86. The molecule has 0 aliphatic heterocycles. The van der Waals surface area contributed by atoms with Gasteiger partial charge >= 0.3 is 0 Å². The molecule has 0 saturated heterocycles. The van der Waals surface area contributed by atoms with Crippen molar-refractivity contribution in [2.75, 3.05) is 21.3 Å². The van der Waals surface area contributed by atoms with Crippen LogP contribution in [-0.4, -0.2) is 21.3 Å². The lowest BCUT2D eigenvalue weighted by molar-refractivity contribution is 0.277. The molecular weight excluding hydrogens is 198 g/mol. The molecular formula is C14H25NO. The summed E-state index contributed by atoms with van der Waals surface area (Å²) in [7, 11) is 5.24. The third-order valence-electron chi connectivity index (χ3n) is 2.41. The number of aryl methyl sites for hydroxylation is 1. The van der Waals surface area contributed by atoms with Crippen molar-refractivity contribution in [1.29, 1.82) is 0 Å². The summed E-state index contributed by atoms with van der Waals surface area (Å²) in [6.07, 6.45) is 0. The van der Waals surface area contributed by atoms with Crippen molar-refractivity contribution in [3.05, 3.63) is 34.9 Å². The quantitative estimate of drug-likeness (QED) is 0.850. The van der Waals surface area contributed by atoms with Crippen molar-refractivity contribution in [3.8, 4) is 0 Å². The van der Waals surface area contributed by atoms with Gasteiger partial charge in [0.25, 0.3) is 0 Å². The molecule has 2 heteroatoms. The van der Waals surface area contributed by atoms with E-state index in [1.165, 1.54) is 16.7 Å². The molecule has 0 fully saturated rings. The van der Waals surface area contributed by atoms with Crippen LogP contribution in [0.3, 0.4) is 0 Å². The van der Waals surface area contributed by atoms with E-state index in [2.05, 4.69) is 49.0 Å². The molecule has 0 aromatic heterocycles. The summed E-state index contributed by atoms with van der Waals surface area (Å²) in [6, 6.07) is 6.73. The molecule has 2 nitrogen and oxygen atoms in total. The highest BCUT2D eigenvalue weighted by molar-refractivity contribution is 5.32. The van der Waals surface area contributed by atoms with Crippen molar-refractivity contribution in [2.24, 2.45) is 0 Å². The molecule has 0 aliphatic rings. The first kappa shape index (κ1) is 15.1. The van der Waals surface area contributed by atoms with Crippen LogP contribution in [0.4, 0.5) is 0 Å². The summed E-state index contributed by atoms with van der Waals surface area (Å²) in [6.45, 7) is 7.59. The minimum atomic E-state index is 0.621. The van der Waals surface area contributed by atoms with Gasteiger partial charge in [-0.05, 0) is 36.6 Å². The van der Waals surface area contributed by atoms with Crippen molar-refractivity contribution >= 4 is 0 Å². The third kappa shape index (κ3) is 5.29. The number of hydrogen-bond acceptors (Lipinski definition) is 2. The molecule has 92 valence electrons. The Morgan fingerprint density at radius 1 is 1.25 bits per heavy atom. The zero-order valence-electron chi connectivity index (χ0n) is 11.4. The van der Waals surface area contributed by atoms with Crippen molar-refractivity contribution < 1.29 is 4.74 Å². The zero-order chi connectivity index (χ0) is 12.6. The van der Waals surface area contributed by atoms with Crippen LogP contribution in [0.5, 0.6) is 0 Å². The topological polar surface area (TPSA) is 21.3 Å². The molecule has 0 spiro atoms. The van der Waals surface area contributed by atoms with E-state index in [0.29, 0.717) is 5.92 Å². The largest absolute Gasteiger partial charge is 0.388 e. The smallest absolute Gasteiger partial charge is 0.0351 e. The maximum atomic E-state index is 4.25. The van der Waals surface area contributed by atoms with Crippen LogP contribution in [0.2, 0.25) is 0 Å². The Bertz CT molecular complexity index is 295. The van der Waals surface area contributed by atoms with Gasteiger partial charge in [-0.25, -0.2) is 0 Å². The third-order valence-corrected chi connectivity index (χ3v) is 2.41. The number of methoxy groups -OCH3 is 1. The summed E-state index contributed by atoms with van der Waals surface area (Å²) >= 11 is 0. The molecule has 16 heavy (non-hydrogen) atoms. The van der Waals surface area contributed by atoms with Gasteiger partial charge in [0.05, 0.1) is 0 Å². The van der Waals surface area contributed by atoms with Crippen molar-refractivity contribution in [1.82, 2.24) is 5.32 Å². The van der Waals surface area contributed by atoms with Crippen LogP contribution in [0, 0.1) is 6.92 Å². The average molecular weight is 223 g/mol. The first-order valence-corrected chi connectivity index (χ1v) is 5.71.